The van der Waals surface area contributed by atoms with Crippen molar-refractivity contribution in [3.63, 3.8) is 0 Å². The molecular weight excluding hydrogens is 181 g/mol. The van der Waals surface area contributed by atoms with E-state index in [1.54, 1.807) is 36.4 Å². The Morgan fingerprint density at radius 1 is 1.14 bits per heavy atom. The van der Waals surface area contributed by atoms with E-state index in [0.29, 0.717) is 5.75 Å². The zero-order chi connectivity index (χ0) is 9.80. The number of pyridine rings is 1. The van der Waals surface area contributed by atoms with Gasteiger partial charge in [0.05, 0.1) is 0 Å². The van der Waals surface area contributed by atoms with E-state index in [1.807, 2.05) is 0 Å². The Kier molecular flexibility index (Phi) is 2.40. The maximum atomic E-state index is 12.7. The Morgan fingerprint density at radius 2 is 1.93 bits per heavy atom. The van der Waals surface area contributed by atoms with Gasteiger partial charge in [0.1, 0.15) is 5.75 Å². The van der Waals surface area contributed by atoms with E-state index < -0.39 is 5.95 Å². The van der Waals surface area contributed by atoms with Gasteiger partial charge in [0, 0.05) is 6.07 Å². The van der Waals surface area contributed by atoms with Gasteiger partial charge in [-0.25, -0.2) is 0 Å². The van der Waals surface area contributed by atoms with Crippen LogP contribution in [-0.4, -0.2) is 4.98 Å². The van der Waals surface area contributed by atoms with Crippen LogP contribution in [0.3, 0.4) is 0 Å². The quantitative estimate of drug-likeness (QED) is 0.676. The standard InChI is InChI=1S/C11H7FNO/c12-10-7-4-8-11(13-10)14-9-5-2-1-3-6-9/h2-8H. The van der Waals surface area contributed by atoms with E-state index in [-0.39, 0.29) is 5.88 Å². The van der Waals surface area contributed by atoms with Crippen LogP contribution in [0.25, 0.3) is 0 Å². The Morgan fingerprint density at radius 3 is 2.64 bits per heavy atom. The Labute approximate surface area is 81.0 Å². The summed E-state index contributed by atoms with van der Waals surface area (Å²) in [7, 11) is 0. The maximum Gasteiger partial charge on any atom is 0.221 e. The lowest BCUT2D eigenvalue weighted by Crippen LogP contribution is -1.89. The minimum Gasteiger partial charge on any atom is -0.439 e. The molecule has 3 heteroatoms. The van der Waals surface area contributed by atoms with Crippen molar-refractivity contribution in [2.24, 2.45) is 0 Å². The summed E-state index contributed by atoms with van der Waals surface area (Å²) in [6.45, 7) is 0. The van der Waals surface area contributed by atoms with Crippen molar-refractivity contribution < 1.29 is 9.13 Å². The highest BCUT2D eigenvalue weighted by atomic mass is 19.1. The molecule has 1 radical (unpaired) electrons. The molecule has 0 unspecified atom stereocenters. The third-order valence-corrected chi connectivity index (χ3v) is 1.60. The lowest BCUT2D eigenvalue weighted by Gasteiger charge is -2.02. The number of nitrogens with zero attached hydrogens (tertiary/aromatic N) is 1. The molecule has 0 aliphatic carbocycles. The van der Waals surface area contributed by atoms with Crippen molar-refractivity contribution >= 4 is 0 Å². The fourth-order valence-corrected chi connectivity index (χ4v) is 1.01. The monoisotopic (exact) mass is 188 g/mol. The van der Waals surface area contributed by atoms with Gasteiger partial charge in [-0.15, -0.1) is 0 Å². The molecule has 0 spiro atoms. The van der Waals surface area contributed by atoms with Crippen LogP contribution in [0.15, 0.2) is 42.5 Å². The summed E-state index contributed by atoms with van der Waals surface area (Å²) in [6, 6.07) is 14.2. The predicted octanol–water partition coefficient (Wildman–Crippen LogP) is 2.81. The zero-order valence-electron chi connectivity index (χ0n) is 7.27. The first-order chi connectivity index (χ1) is 6.84. The average molecular weight is 188 g/mol. The maximum absolute atomic E-state index is 12.7. The van der Waals surface area contributed by atoms with E-state index in [9.17, 15) is 4.39 Å². The van der Waals surface area contributed by atoms with Gasteiger partial charge in [0.2, 0.25) is 11.8 Å². The summed E-state index contributed by atoms with van der Waals surface area (Å²) in [5.41, 5.74) is 0. The Hall–Kier alpha value is -1.90. The van der Waals surface area contributed by atoms with Gasteiger partial charge in [0.15, 0.2) is 0 Å². The van der Waals surface area contributed by atoms with Gasteiger partial charge in [-0.1, -0.05) is 18.2 Å². The van der Waals surface area contributed by atoms with Crippen molar-refractivity contribution in [1.82, 2.24) is 4.98 Å². The van der Waals surface area contributed by atoms with Gasteiger partial charge in [-0.2, -0.15) is 9.37 Å². The molecule has 14 heavy (non-hydrogen) atoms. The highest BCUT2D eigenvalue weighted by Gasteiger charge is 1.98. The van der Waals surface area contributed by atoms with Crippen molar-refractivity contribution in [3.05, 3.63) is 54.5 Å². The Balaban J connectivity index is 2.19. The highest BCUT2D eigenvalue weighted by Crippen LogP contribution is 2.17. The third-order valence-electron chi connectivity index (χ3n) is 1.60. The summed E-state index contributed by atoms with van der Waals surface area (Å²) in [5, 5.41) is 0. The van der Waals surface area contributed by atoms with Gasteiger partial charge in [-0.3, -0.25) is 0 Å². The number of benzene rings is 1. The van der Waals surface area contributed by atoms with Crippen LogP contribution in [-0.2, 0) is 0 Å². The summed E-state index contributed by atoms with van der Waals surface area (Å²) < 4.78 is 18.0. The molecule has 1 aromatic heterocycles. The van der Waals surface area contributed by atoms with Crippen LogP contribution in [0.1, 0.15) is 0 Å². The lowest BCUT2D eigenvalue weighted by atomic mass is 10.3. The van der Waals surface area contributed by atoms with Crippen molar-refractivity contribution in [1.29, 1.82) is 0 Å². The van der Waals surface area contributed by atoms with Crippen molar-refractivity contribution in [2.75, 3.05) is 0 Å². The van der Waals surface area contributed by atoms with Gasteiger partial charge >= 0.3 is 0 Å². The second-order valence-electron chi connectivity index (χ2n) is 2.64. The molecular formula is C11H7FNO. The summed E-state index contributed by atoms with van der Waals surface area (Å²) in [4.78, 5) is 3.57. The van der Waals surface area contributed by atoms with Crippen LogP contribution >= 0.6 is 0 Å². The molecule has 2 nitrogen and oxygen atoms in total. The zero-order valence-corrected chi connectivity index (χ0v) is 7.27. The molecule has 0 saturated heterocycles. The first-order valence-electron chi connectivity index (χ1n) is 4.11. The molecule has 0 bridgehead atoms. The fourth-order valence-electron chi connectivity index (χ4n) is 1.01. The van der Waals surface area contributed by atoms with Gasteiger partial charge < -0.3 is 4.74 Å². The van der Waals surface area contributed by atoms with E-state index in [2.05, 4.69) is 11.1 Å². The van der Waals surface area contributed by atoms with E-state index in [0.717, 1.165) is 0 Å². The largest absolute Gasteiger partial charge is 0.439 e. The van der Waals surface area contributed by atoms with Crippen LogP contribution in [0.4, 0.5) is 4.39 Å². The minimum absolute atomic E-state index is 0.246. The smallest absolute Gasteiger partial charge is 0.221 e. The average Bonchev–Trinajstić information content (AvgIpc) is 2.19. The molecule has 0 amide bonds. The van der Waals surface area contributed by atoms with E-state index >= 15 is 0 Å². The molecule has 0 fully saturated rings. The number of ether oxygens (including phenoxy) is 1. The SMILES string of the molecule is Fc1cccc(Oc2cc[c]cc2)n1. The second kappa shape index (κ2) is 3.87. The Bertz CT molecular complexity index is 417. The highest BCUT2D eigenvalue weighted by molar-refractivity contribution is 5.25. The van der Waals surface area contributed by atoms with Crippen LogP contribution in [0.5, 0.6) is 11.6 Å². The summed E-state index contributed by atoms with van der Waals surface area (Å²) >= 11 is 0. The summed E-state index contributed by atoms with van der Waals surface area (Å²) in [5.74, 6) is 0.308. The predicted molar refractivity (Wildman–Crippen MR) is 49.5 cm³/mol. The first-order valence-corrected chi connectivity index (χ1v) is 4.11. The molecule has 2 aromatic rings. The molecule has 0 atom stereocenters. The lowest BCUT2D eigenvalue weighted by molar-refractivity contribution is 0.445. The molecule has 0 aliphatic heterocycles. The second-order valence-corrected chi connectivity index (χ2v) is 2.64. The molecule has 0 N–H and O–H groups in total. The fraction of sp³-hybridized carbons (Fsp3) is 0. The van der Waals surface area contributed by atoms with Gasteiger partial charge in [-0.05, 0) is 24.3 Å². The van der Waals surface area contributed by atoms with Crippen molar-refractivity contribution in [3.8, 4) is 11.6 Å². The molecule has 0 saturated carbocycles. The van der Waals surface area contributed by atoms with Gasteiger partial charge in [0.25, 0.3) is 0 Å². The molecule has 0 aliphatic rings. The van der Waals surface area contributed by atoms with E-state index in [4.69, 9.17) is 4.74 Å². The van der Waals surface area contributed by atoms with Crippen molar-refractivity contribution in [2.45, 2.75) is 0 Å². The van der Waals surface area contributed by atoms with Crippen LogP contribution in [0.2, 0.25) is 0 Å². The molecule has 2 rings (SSSR count). The normalized spacial score (nSPS) is 9.79. The third kappa shape index (κ3) is 2.07. The molecule has 1 aromatic carbocycles. The van der Waals surface area contributed by atoms with Crippen LogP contribution in [0, 0.1) is 12.0 Å². The number of hydrogen-bond acceptors (Lipinski definition) is 2. The number of aromatic nitrogens is 1. The first kappa shape index (κ1) is 8.69. The number of hydrogen-bond donors (Lipinski definition) is 0. The van der Waals surface area contributed by atoms with Crippen LogP contribution < -0.4 is 4.74 Å². The number of rotatable bonds is 2. The minimum atomic E-state index is -0.551. The topological polar surface area (TPSA) is 22.1 Å². The molecule has 1 heterocycles. The number of halogens is 1. The molecule has 69 valence electrons. The van der Waals surface area contributed by atoms with E-state index in [1.165, 1.54) is 6.07 Å². The summed E-state index contributed by atoms with van der Waals surface area (Å²) in [6.07, 6.45) is 0.